The van der Waals surface area contributed by atoms with Crippen LogP contribution in [0.15, 0.2) is 0 Å². The van der Waals surface area contributed by atoms with Gasteiger partial charge in [-0.25, -0.2) is 0 Å². The largest absolute Gasteiger partial charge is 0.294 e. The smallest absolute Gasteiger partial charge is 0.232 e. The maximum atomic E-state index is 9.76. The van der Waals surface area contributed by atoms with Crippen molar-refractivity contribution in [2.45, 2.75) is 6.17 Å². The second kappa shape index (κ2) is 2.04. The molecule has 1 radical (unpaired) electrons. The fourth-order valence-corrected chi connectivity index (χ4v) is 0.589. The van der Waals surface area contributed by atoms with Gasteiger partial charge in [-0.05, 0) is 0 Å². The fourth-order valence-electron chi connectivity index (χ4n) is 0.589. The molecule has 1 aliphatic rings. The Labute approximate surface area is 42.1 Å². The van der Waals surface area contributed by atoms with E-state index in [1.54, 1.807) is 6.29 Å². The van der Waals surface area contributed by atoms with Crippen LogP contribution in [0.2, 0.25) is 0 Å². The molecule has 0 unspecified atom stereocenters. The number of carbonyl (C=O) groups excluding carboxylic acids is 1. The minimum Gasteiger partial charge on any atom is -0.294 e. The molecule has 0 atom stereocenters. The van der Waals surface area contributed by atoms with E-state index in [1.807, 2.05) is 0 Å². The molecule has 0 bridgehead atoms. The Morgan fingerprint density at radius 2 is 2.00 bits per heavy atom. The lowest BCUT2D eigenvalue weighted by Gasteiger charge is -1.94. The molecule has 7 heavy (non-hydrogen) atoms. The first kappa shape index (κ1) is 4.74. The van der Waals surface area contributed by atoms with Crippen molar-refractivity contribution in [1.82, 2.24) is 10.6 Å². The van der Waals surface area contributed by atoms with Crippen molar-refractivity contribution in [1.29, 1.82) is 0 Å². The monoisotopic (exact) mass is 99.1 g/mol. The Morgan fingerprint density at radius 3 is 2.29 bits per heavy atom. The molecule has 3 heteroatoms. The second-order valence-electron chi connectivity index (χ2n) is 1.46. The summed E-state index contributed by atoms with van der Waals surface area (Å²) >= 11 is 0. The quantitative estimate of drug-likeness (QED) is 0.425. The molecule has 3 nitrogen and oxygen atoms in total. The lowest BCUT2D eigenvalue weighted by molar-refractivity contribution is 0.524. The summed E-state index contributed by atoms with van der Waals surface area (Å²) in [6.45, 7) is 1.75. The van der Waals surface area contributed by atoms with Crippen molar-refractivity contribution < 1.29 is 4.79 Å². The van der Waals surface area contributed by atoms with E-state index >= 15 is 0 Å². The molecule has 1 aliphatic heterocycles. The highest BCUT2D eigenvalue weighted by Crippen LogP contribution is 1.76. The van der Waals surface area contributed by atoms with Crippen molar-refractivity contribution in [2.75, 3.05) is 13.1 Å². The summed E-state index contributed by atoms with van der Waals surface area (Å²) in [5, 5.41) is 5.74. The van der Waals surface area contributed by atoms with Gasteiger partial charge in [0.05, 0.1) is 0 Å². The topological polar surface area (TPSA) is 41.1 Å². The van der Waals surface area contributed by atoms with Gasteiger partial charge in [-0.3, -0.25) is 15.4 Å². The van der Waals surface area contributed by atoms with Crippen LogP contribution >= 0.6 is 0 Å². The number of hydrogen-bond donors (Lipinski definition) is 2. The SMILES string of the molecule is O=[C]C1NCCN1. The Balaban J connectivity index is 2.26. The van der Waals surface area contributed by atoms with Crippen LogP contribution in [0, 0.1) is 0 Å². The van der Waals surface area contributed by atoms with E-state index in [-0.39, 0.29) is 6.17 Å². The van der Waals surface area contributed by atoms with Gasteiger partial charge in [0.25, 0.3) is 0 Å². The van der Waals surface area contributed by atoms with Gasteiger partial charge in [0, 0.05) is 13.1 Å². The van der Waals surface area contributed by atoms with Gasteiger partial charge in [-0.1, -0.05) is 0 Å². The molecule has 1 rings (SSSR count). The Hall–Kier alpha value is -0.410. The molecule has 0 aliphatic carbocycles. The van der Waals surface area contributed by atoms with E-state index < -0.39 is 0 Å². The fraction of sp³-hybridized carbons (Fsp3) is 0.750. The maximum Gasteiger partial charge on any atom is 0.232 e. The average Bonchev–Trinajstić information content (AvgIpc) is 2.14. The molecule has 1 fully saturated rings. The molecule has 0 saturated carbocycles. The van der Waals surface area contributed by atoms with Crippen LogP contribution in [-0.2, 0) is 4.79 Å². The number of rotatable bonds is 1. The van der Waals surface area contributed by atoms with E-state index in [4.69, 9.17) is 0 Å². The van der Waals surface area contributed by atoms with Gasteiger partial charge in [0.15, 0.2) is 0 Å². The third-order valence-corrected chi connectivity index (χ3v) is 0.940. The van der Waals surface area contributed by atoms with E-state index in [2.05, 4.69) is 10.6 Å². The third-order valence-electron chi connectivity index (χ3n) is 0.940. The number of nitrogens with one attached hydrogen (secondary N) is 2. The van der Waals surface area contributed by atoms with Crippen LogP contribution in [0.3, 0.4) is 0 Å². The molecule has 0 aromatic heterocycles. The zero-order valence-corrected chi connectivity index (χ0v) is 3.90. The Bertz CT molecular complexity index is 68.1. The normalized spacial score (nSPS) is 22.9. The average molecular weight is 99.1 g/mol. The van der Waals surface area contributed by atoms with Gasteiger partial charge >= 0.3 is 0 Å². The van der Waals surface area contributed by atoms with E-state index in [1.165, 1.54) is 0 Å². The van der Waals surface area contributed by atoms with Crippen LogP contribution in [0.25, 0.3) is 0 Å². The van der Waals surface area contributed by atoms with Crippen LogP contribution in [0.5, 0.6) is 0 Å². The van der Waals surface area contributed by atoms with Gasteiger partial charge in [0.1, 0.15) is 6.17 Å². The predicted octanol–water partition coefficient (Wildman–Crippen LogP) is -1.38. The van der Waals surface area contributed by atoms with Gasteiger partial charge in [-0.15, -0.1) is 0 Å². The van der Waals surface area contributed by atoms with Crippen LogP contribution < -0.4 is 10.6 Å². The van der Waals surface area contributed by atoms with Crippen molar-refractivity contribution in [3.8, 4) is 0 Å². The second-order valence-corrected chi connectivity index (χ2v) is 1.46. The zero-order chi connectivity index (χ0) is 5.11. The first-order valence-electron chi connectivity index (χ1n) is 2.28. The van der Waals surface area contributed by atoms with Crippen molar-refractivity contribution in [3.05, 3.63) is 0 Å². The summed E-state index contributed by atoms with van der Waals surface area (Å²) in [5.74, 6) is 0. The molecule has 39 valence electrons. The molecule has 2 N–H and O–H groups in total. The van der Waals surface area contributed by atoms with E-state index in [9.17, 15) is 4.79 Å². The van der Waals surface area contributed by atoms with E-state index in [0.717, 1.165) is 13.1 Å². The van der Waals surface area contributed by atoms with Crippen LogP contribution in [0.4, 0.5) is 0 Å². The first-order chi connectivity index (χ1) is 3.43. The van der Waals surface area contributed by atoms with Crippen LogP contribution in [0.1, 0.15) is 0 Å². The standard InChI is InChI=1S/C4H7N2O/c7-3-4-5-1-2-6-4/h4-6H,1-2H2. The highest BCUT2D eigenvalue weighted by atomic mass is 16.1. The summed E-state index contributed by atoms with van der Waals surface area (Å²) < 4.78 is 0. The lowest BCUT2D eigenvalue weighted by atomic mass is 10.6. The molecule has 1 saturated heterocycles. The summed E-state index contributed by atoms with van der Waals surface area (Å²) in [6.07, 6.45) is 1.58. The van der Waals surface area contributed by atoms with Gasteiger partial charge < -0.3 is 0 Å². The Morgan fingerprint density at radius 1 is 1.43 bits per heavy atom. The highest BCUT2D eigenvalue weighted by molar-refractivity contribution is 5.58. The summed E-state index contributed by atoms with van der Waals surface area (Å²) in [4.78, 5) is 9.76. The molecular weight excluding hydrogens is 92.1 g/mol. The molecular formula is C4H7N2O. The summed E-state index contributed by atoms with van der Waals surface area (Å²) in [6, 6.07) is 0. The molecule has 0 aromatic carbocycles. The van der Waals surface area contributed by atoms with E-state index in [0.29, 0.717) is 0 Å². The zero-order valence-electron chi connectivity index (χ0n) is 3.90. The molecule has 0 aromatic rings. The maximum absolute atomic E-state index is 9.76. The molecule has 1 heterocycles. The first-order valence-corrected chi connectivity index (χ1v) is 2.28. The highest BCUT2D eigenvalue weighted by Gasteiger charge is 2.10. The predicted molar refractivity (Wildman–Crippen MR) is 25.5 cm³/mol. The summed E-state index contributed by atoms with van der Waals surface area (Å²) in [5.41, 5.74) is 0. The van der Waals surface area contributed by atoms with Crippen molar-refractivity contribution in [2.24, 2.45) is 0 Å². The number of hydrogen-bond acceptors (Lipinski definition) is 3. The molecule has 0 spiro atoms. The van der Waals surface area contributed by atoms with Gasteiger partial charge in [-0.2, -0.15) is 0 Å². The van der Waals surface area contributed by atoms with Gasteiger partial charge in [0.2, 0.25) is 6.29 Å². The third kappa shape index (κ3) is 0.976. The van der Waals surface area contributed by atoms with Crippen molar-refractivity contribution in [3.63, 3.8) is 0 Å². The van der Waals surface area contributed by atoms with Crippen LogP contribution in [-0.4, -0.2) is 25.5 Å². The van der Waals surface area contributed by atoms with Crippen molar-refractivity contribution >= 4 is 6.29 Å². The molecule has 0 amide bonds. The lowest BCUT2D eigenvalue weighted by Crippen LogP contribution is -2.31. The minimum absolute atomic E-state index is 0.208. The Kier molecular flexibility index (Phi) is 1.38. The summed E-state index contributed by atoms with van der Waals surface area (Å²) in [7, 11) is 0. The minimum atomic E-state index is -0.208.